The fourth-order valence-corrected chi connectivity index (χ4v) is 2.10. The van der Waals surface area contributed by atoms with Crippen molar-refractivity contribution in [1.29, 1.82) is 0 Å². The van der Waals surface area contributed by atoms with E-state index in [4.69, 9.17) is 9.47 Å². The zero-order valence-electron chi connectivity index (χ0n) is 13.4. The molecule has 1 aromatic rings. The lowest BCUT2D eigenvalue weighted by molar-refractivity contribution is 0.113. The predicted octanol–water partition coefficient (Wildman–Crippen LogP) is 3.76. The van der Waals surface area contributed by atoms with Gasteiger partial charge in [-0.05, 0) is 43.0 Å². The molecule has 0 heterocycles. The fourth-order valence-electron chi connectivity index (χ4n) is 2.10. The molecule has 3 heteroatoms. The number of nitrogens with one attached hydrogen (secondary N) is 1. The summed E-state index contributed by atoms with van der Waals surface area (Å²) >= 11 is 0. The van der Waals surface area contributed by atoms with E-state index in [0.29, 0.717) is 6.61 Å². The van der Waals surface area contributed by atoms with E-state index >= 15 is 0 Å². The van der Waals surface area contributed by atoms with Gasteiger partial charge < -0.3 is 14.8 Å². The molecule has 0 spiro atoms. The van der Waals surface area contributed by atoms with Gasteiger partial charge in [-0.15, -0.1) is 0 Å². The zero-order valence-corrected chi connectivity index (χ0v) is 13.4. The third kappa shape index (κ3) is 6.40. The Morgan fingerprint density at radius 3 is 2.70 bits per heavy atom. The fraction of sp³-hybridized carbons (Fsp3) is 0.647. The van der Waals surface area contributed by atoms with E-state index in [1.807, 2.05) is 6.07 Å². The van der Waals surface area contributed by atoms with Crippen LogP contribution in [0, 0.1) is 5.92 Å². The molecule has 0 radical (unpaired) electrons. The van der Waals surface area contributed by atoms with E-state index < -0.39 is 0 Å². The van der Waals surface area contributed by atoms with Crippen LogP contribution in [0.15, 0.2) is 18.2 Å². The zero-order chi connectivity index (χ0) is 14.8. The largest absolute Gasteiger partial charge is 0.496 e. The van der Waals surface area contributed by atoms with Crippen LogP contribution in [-0.4, -0.2) is 20.3 Å². The number of hydrogen-bond donors (Lipinski definition) is 1. The van der Waals surface area contributed by atoms with Crippen molar-refractivity contribution in [2.24, 2.45) is 5.92 Å². The first-order valence-corrected chi connectivity index (χ1v) is 7.61. The summed E-state index contributed by atoms with van der Waals surface area (Å²) in [7, 11) is 1.71. The molecular weight excluding hydrogens is 250 g/mol. The Morgan fingerprint density at radius 1 is 1.25 bits per heavy atom. The Labute approximate surface area is 123 Å². The number of rotatable bonds is 10. The number of hydrogen-bond acceptors (Lipinski definition) is 3. The quantitative estimate of drug-likeness (QED) is 0.662. The minimum Gasteiger partial charge on any atom is -0.496 e. The van der Waals surface area contributed by atoms with Crippen LogP contribution in [-0.2, 0) is 17.9 Å². The van der Waals surface area contributed by atoms with Crippen molar-refractivity contribution in [2.75, 3.05) is 20.3 Å². The molecule has 0 aliphatic heterocycles. The molecule has 0 aliphatic rings. The summed E-state index contributed by atoms with van der Waals surface area (Å²) in [6, 6.07) is 6.30. The van der Waals surface area contributed by atoms with Gasteiger partial charge in [0.1, 0.15) is 5.75 Å². The van der Waals surface area contributed by atoms with E-state index in [2.05, 4.69) is 38.2 Å². The monoisotopic (exact) mass is 279 g/mol. The SMILES string of the molecule is CCNCc1ccc(OC)c(COCCCC(C)C)c1. The van der Waals surface area contributed by atoms with Crippen molar-refractivity contribution in [3.63, 3.8) is 0 Å². The van der Waals surface area contributed by atoms with E-state index in [1.165, 1.54) is 12.0 Å². The number of benzene rings is 1. The Morgan fingerprint density at radius 2 is 2.05 bits per heavy atom. The summed E-state index contributed by atoms with van der Waals surface area (Å²) in [5, 5.41) is 3.34. The predicted molar refractivity (Wildman–Crippen MR) is 84.1 cm³/mol. The molecule has 0 saturated carbocycles. The maximum absolute atomic E-state index is 5.77. The molecular formula is C17H29NO2. The lowest BCUT2D eigenvalue weighted by Gasteiger charge is -2.12. The van der Waals surface area contributed by atoms with Gasteiger partial charge in [0.2, 0.25) is 0 Å². The van der Waals surface area contributed by atoms with Crippen LogP contribution >= 0.6 is 0 Å². The average Bonchev–Trinajstić information content (AvgIpc) is 2.44. The van der Waals surface area contributed by atoms with E-state index in [0.717, 1.165) is 43.3 Å². The Bertz CT molecular complexity index is 377. The second-order valence-electron chi connectivity index (χ2n) is 5.52. The van der Waals surface area contributed by atoms with Crippen LogP contribution < -0.4 is 10.1 Å². The minimum atomic E-state index is 0.626. The van der Waals surface area contributed by atoms with Crippen molar-refractivity contribution >= 4 is 0 Å². The highest BCUT2D eigenvalue weighted by Crippen LogP contribution is 2.21. The summed E-state index contributed by atoms with van der Waals surface area (Å²) in [4.78, 5) is 0. The summed E-state index contributed by atoms with van der Waals surface area (Å²) in [5.74, 6) is 1.66. The van der Waals surface area contributed by atoms with E-state index in [1.54, 1.807) is 7.11 Å². The summed E-state index contributed by atoms with van der Waals surface area (Å²) in [6.07, 6.45) is 2.34. The maximum atomic E-state index is 5.77. The molecule has 0 aliphatic carbocycles. The minimum absolute atomic E-state index is 0.626. The average molecular weight is 279 g/mol. The van der Waals surface area contributed by atoms with Crippen LogP contribution in [0.1, 0.15) is 44.7 Å². The molecule has 1 aromatic carbocycles. The Kier molecular flexibility index (Phi) is 8.31. The van der Waals surface area contributed by atoms with Gasteiger partial charge in [0, 0.05) is 18.7 Å². The first-order valence-electron chi connectivity index (χ1n) is 7.61. The van der Waals surface area contributed by atoms with E-state index in [-0.39, 0.29) is 0 Å². The molecule has 3 nitrogen and oxygen atoms in total. The van der Waals surface area contributed by atoms with Gasteiger partial charge >= 0.3 is 0 Å². The van der Waals surface area contributed by atoms with Gasteiger partial charge in [-0.2, -0.15) is 0 Å². The van der Waals surface area contributed by atoms with Gasteiger partial charge in [-0.3, -0.25) is 0 Å². The van der Waals surface area contributed by atoms with Gasteiger partial charge in [-0.25, -0.2) is 0 Å². The van der Waals surface area contributed by atoms with Crippen LogP contribution in [0.4, 0.5) is 0 Å². The van der Waals surface area contributed by atoms with Gasteiger partial charge in [0.15, 0.2) is 0 Å². The topological polar surface area (TPSA) is 30.5 Å². The molecule has 0 amide bonds. The van der Waals surface area contributed by atoms with Crippen LogP contribution in [0.2, 0.25) is 0 Å². The van der Waals surface area contributed by atoms with Crippen LogP contribution in [0.25, 0.3) is 0 Å². The molecule has 0 aromatic heterocycles. The molecule has 0 fully saturated rings. The van der Waals surface area contributed by atoms with Crippen molar-refractivity contribution in [1.82, 2.24) is 5.32 Å². The smallest absolute Gasteiger partial charge is 0.124 e. The molecule has 0 unspecified atom stereocenters. The second kappa shape index (κ2) is 9.78. The van der Waals surface area contributed by atoms with Crippen LogP contribution in [0.5, 0.6) is 5.75 Å². The first kappa shape index (κ1) is 17.0. The lowest BCUT2D eigenvalue weighted by Crippen LogP contribution is -2.12. The third-order valence-electron chi connectivity index (χ3n) is 3.25. The van der Waals surface area contributed by atoms with Crippen molar-refractivity contribution in [3.05, 3.63) is 29.3 Å². The summed E-state index contributed by atoms with van der Waals surface area (Å²) in [6.45, 7) is 9.91. The van der Waals surface area contributed by atoms with Gasteiger partial charge in [0.05, 0.1) is 13.7 Å². The summed E-state index contributed by atoms with van der Waals surface area (Å²) in [5.41, 5.74) is 2.40. The molecule has 114 valence electrons. The van der Waals surface area contributed by atoms with Crippen molar-refractivity contribution in [2.45, 2.75) is 46.8 Å². The Hall–Kier alpha value is -1.06. The molecule has 1 N–H and O–H groups in total. The Balaban J connectivity index is 2.48. The van der Waals surface area contributed by atoms with Gasteiger partial charge in [-0.1, -0.05) is 26.8 Å². The highest BCUT2D eigenvalue weighted by atomic mass is 16.5. The first-order chi connectivity index (χ1) is 9.67. The normalized spacial score (nSPS) is 11.1. The molecule has 0 bridgehead atoms. The lowest BCUT2D eigenvalue weighted by atomic mass is 10.1. The molecule has 0 atom stereocenters. The van der Waals surface area contributed by atoms with Crippen LogP contribution in [0.3, 0.4) is 0 Å². The standard InChI is InChI=1S/C17H29NO2/c1-5-18-12-15-8-9-17(19-4)16(11-15)13-20-10-6-7-14(2)3/h8-9,11,14,18H,5-7,10,12-13H2,1-4H3. The molecule has 20 heavy (non-hydrogen) atoms. The van der Waals surface area contributed by atoms with Gasteiger partial charge in [0.25, 0.3) is 0 Å². The number of ether oxygens (including phenoxy) is 2. The highest BCUT2D eigenvalue weighted by molar-refractivity contribution is 5.36. The number of methoxy groups -OCH3 is 1. The van der Waals surface area contributed by atoms with E-state index in [9.17, 15) is 0 Å². The molecule has 1 rings (SSSR count). The third-order valence-corrected chi connectivity index (χ3v) is 3.25. The molecule has 0 saturated heterocycles. The summed E-state index contributed by atoms with van der Waals surface area (Å²) < 4.78 is 11.2. The maximum Gasteiger partial charge on any atom is 0.124 e. The second-order valence-corrected chi connectivity index (χ2v) is 5.52. The van der Waals surface area contributed by atoms with Crippen molar-refractivity contribution in [3.8, 4) is 5.75 Å². The van der Waals surface area contributed by atoms with Crippen molar-refractivity contribution < 1.29 is 9.47 Å². The highest BCUT2D eigenvalue weighted by Gasteiger charge is 2.05.